The lowest BCUT2D eigenvalue weighted by Gasteiger charge is -2.43. The maximum Gasteiger partial charge on any atom is 0.460 e. The molecule has 6 nitrogen and oxygen atoms in total. The van der Waals surface area contributed by atoms with Crippen LogP contribution in [0.2, 0.25) is 0 Å². The zero-order chi connectivity index (χ0) is 36.8. The van der Waals surface area contributed by atoms with Gasteiger partial charge in [-0.3, -0.25) is 4.79 Å². The van der Waals surface area contributed by atoms with E-state index in [1.165, 1.54) is 6.92 Å². The number of aromatic hydroxyl groups is 1. The number of ether oxygens (including phenoxy) is 2. The average molecular weight is 721 g/mol. The number of hydrogen-bond donors (Lipinski definition) is 2. The Morgan fingerprint density at radius 1 is 0.696 bits per heavy atom. The first-order valence-corrected chi connectivity index (χ1v) is 11.1. The van der Waals surface area contributed by atoms with Crippen molar-refractivity contribution >= 4 is 11.7 Å². The molecule has 0 radical (unpaired) electrons. The molecular formula is C21H14F19NO5. The van der Waals surface area contributed by atoms with Crippen LogP contribution < -0.4 is 4.74 Å². The van der Waals surface area contributed by atoms with Crippen molar-refractivity contribution in [2.75, 3.05) is 13.2 Å². The van der Waals surface area contributed by atoms with E-state index >= 15 is 0 Å². The van der Waals surface area contributed by atoms with Gasteiger partial charge in [0.1, 0.15) is 11.5 Å². The number of hydrogen-bond acceptors (Lipinski definition) is 6. The summed E-state index contributed by atoms with van der Waals surface area (Å²) in [4.78, 5) is 11.5. The summed E-state index contributed by atoms with van der Waals surface area (Å²) in [6.07, 6.45) is -9.26. The Bertz CT molecular complexity index is 1290. The Morgan fingerprint density at radius 2 is 1.11 bits per heavy atom. The molecule has 1 rings (SSSR count). The average Bonchev–Trinajstić information content (AvgIpc) is 2.90. The molecule has 0 heterocycles. The maximum absolute atomic E-state index is 13.9. The number of nitrogens with zero attached hydrogens (tertiary/aromatic N) is 1. The minimum absolute atomic E-state index is 0.0609. The van der Waals surface area contributed by atoms with Gasteiger partial charge in [0, 0.05) is 11.6 Å². The number of benzene rings is 1. The maximum atomic E-state index is 13.9. The van der Waals surface area contributed by atoms with Crippen molar-refractivity contribution in [3.8, 4) is 11.5 Å². The number of carbonyl (C=O) groups is 1. The number of esters is 1. The first-order valence-electron chi connectivity index (χ1n) is 11.1. The van der Waals surface area contributed by atoms with Crippen LogP contribution in [0.3, 0.4) is 0 Å². The number of phenolic OH excluding ortho intramolecular Hbond substituents is 1. The van der Waals surface area contributed by atoms with Gasteiger partial charge in [-0.1, -0.05) is 5.16 Å². The first-order chi connectivity index (χ1) is 20.2. The number of halogens is 19. The van der Waals surface area contributed by atoms with Crippen LogP contribution in [0.25, 0.3) is 0 Å². The van der Waals surface area contributed by atoms with Crippen LogP contribution in [0.1, 0.15) is 18.9 Å². The SMILES string of the molecule is C/C(=N\O)c1ccc(OCCC(=O)OCC(F)(F)C(F)(F)C(F)(F)C(F)(F)C(F)(F)C(F)(F)C(F)(F)C(F)(F)C(F)(F)F)cc1O. The molecule has 0 aliphatic carbocycles. The van der Waals surface area contributed by atoms with Gasteiger partial charge in [0.2, 0.25) is 0 Å². The minimum Gasteiger partial charge on any atom is -0.507 e. The van der Waals surface area contributed by atoms with Crippen molar-refractivity contribution in [2.45, 2.75) is 66.9 Å². The Hall–Kier alpha value is -3.57. The van der Waals surface area contributed by atoms with Gasteiger partial charge in [-0.2, -0.15) is 83.4 Å². The number of alkyl halides is 19. The van der Waals surface area contributed by atoms with E-state index in [2.05, 4.69) is 9.89 Å². The van der Waals surface area contributed by atoms with Gasteiger partial charge in [-0.25, -0.2) is 0 Å². The molecule has 0 bridgehead atoms. The minimum atomic E-state index is -9.05. The second kappa shape index (κ2) is 12.2. The van der Waals surface area contributed by atoms with Crippen LogP contribution in [-0.2, 0) is 9.53 Å². The lowest BCUT2D eigenvalue weighted by Crippen LogP contribution is -2.76. The van der Waals surface area contributed by atoms with Crippen molar-refractivity contribution in [2.24, 2.45) is 5.16 Å². The molecule has 0 aliphatic heterocycles. The highest BCUT2D eigenvalue weighted by Gasteiger charge is 2.96. The molecule has 266 valence electrons. The first kappa shape index (κ1) is 40.5. The van der Waals surface area contributed by atoms with E-state index in [4.69, 9.17) is 9.94 Å². The van der Waals surface area contributed by atoms with Crippen LogP contribution in [0.5, 0.6) is 11.5 Å². The molecule has 1 aromatic rings. The summed E-state index contributed by atoms with van der Waals surface area (Å²) in [5.41, 5.74) is -0.179. The molecule has 0 unspecified atom stereocenters. The van der Waals surface area contributed by atoms with Crippen LogP contribution in [0.15, 0.2) is 23.4 Å². The van der Waals surface area contributed by atoms with Crippen molar-refractivity contribution in [1.82, 2.24) is 0 Å². The predicted molar refractivity (Wildman–Crippen MR) is 109 cm³/mol. The molecule has 0 spiro atoms. The van der Waals surface area contributed by atoms with Gasteiger partial charge in [-0.05, 0) is 19.1 Å². The lowest BCUT2D eigenvalue weighted by atomic mass is 9.87. The van der Waals surface area contributed by atoms with E-state index in [0.29, 0.717) is 0 Å². The number of phenols is 1. The molecule has 0 saturated heterocycles. The standard InChI is InChI=1S/C21H14F19NO5/c1-8(41-44)10-3-2-9(6-11(10)42)45-5-4-12(43)46-7-13(22,23)14(24,25)15(26,27)16(28,29)17(30,31)18(32,33)19(34,35)20(36,37)21(38,39)40/h2-3,6,42,44H,4-5,7H2,1H3/b41-8+. The van der Waals surface area contributed by atoms with E-state index < -0.39 is 84.9 Å². The topological polar surface area (TPSA) is 88.4 Å². The molecule has 0 aromatic heterocycles. The number of carbonyl (C=O) groups excluding carboxylic acids is 1. The summed E-state index contributed by atoms with van der Waals surface area (Å²) in [5.74, 6) is -71.0. The smallest absolute Gasteiger partial charge is 0.460 e. The molecular weight excluding hydrogens is 707 g/mol. The normalized spacial score (nSPS) is 15.2. The fourth-order valence-electron chi connectivity index (χ4n) is 2.94. The Labute approximate surface area is 241 Å². The molecule has 0 atom stereocenters. The zero-order valence-corrected chi connectivity index (χ0v) is 21.6. The summed E-state index contributed by atoms with van der Waals surface area (Å²) in [6.45, 7) is -3.20. The predicted octanol–water partition coefficient (Wildman–Crippen LogP) is 7.55. The summed E-state index contributed by atoms with van der Waals surface area (Å²) in [6, 6.07) is 2.91. The van der Waals surface area contributed by atoms with E-state index in [1.54, 1.807) is 0 Å². The third-order valence-electron chi connectivity index (χ3n) is 5.68. The van der Waals surface area contributed by atoms with Crippen LogP contribution in [0, 0.1) is 0 Å². The van der Waals surface area contributed by atoms with Crippen molar-refractivity contribution in [3.05, 3.63) is 23.8 Å². The summed E-state index contributed by atoms with van der Waals surface area (Å²) in [7, 11) is 0. The molecule has 0 aliphatic rings. The summed E-state index contributed by atoms with van der Waals surface area (Å²) >= 11 is 0. The van der Waals surface area contributed by atoms with Gasteiger partial charge in [0.15, 0.2) is 6.61 Å². The lowest BCUT2D eigenvalue weighted by molar-refractivity contribution is -0.469. The van der Waals surface area contributed by atoms with Crippen molar-refractivity contribution in [1.29, 1.82) is 0 Å². The van der Waals surface area contributed by atoms with E-state index in [1.807, 2.05) is 0 Å². The molecule has 0 amide bonds. The van der Waals surface area contributed by atoms with Crippen LogP contribution in [0.4, 0.5) is 83.4 Å². The van der Waals surface area contributed by atoms with Gasteiger partial charge in [0.05, 0.1) is 18.7 Å². The fourth-order valence-corrected chi connectivity index (χ4v) is 2.94. The fraction of sp³-hybridized carbons (Fsp3) is 0.619. The monoisotopic (exact) mass is 721 g/mol. The summed E-state index contributed by atoms with van der Waals surface area (Å²) < 4.78 is 261. The second-order valence-electron chi connectivity index (χ2n) is 8.85. The number of rotatable bonds is 14. The van der Waals surface area contributed by atoms with Gasteiger partial charge >= 0.3 is 59.5 Å². The highest BCUT2D eigenvalue weighted by atomic mass is 19.4. The number of oxime groups is 1. The third-order valence-corrected chi connectivity index (χ3v) is 5.68. The Balaban J connectivity index is 3.18. The quantitative estimate of drug-likeness (QED) is 0.0682. The van der Waals surface area contributed by atoms with Gasteiger partial charge < -0.3 is 19.8 Å². The van der Waals surface area contributed by atoms with Crippen molar-refractivity contribution < 1.29 is 108 Å². The zero-order valence-electron chi connectivity index (χ0n) is 21.6. The van der Waals surface area contributed by atoms with Crippen LogP contribution >= 0.6 is 0 Å². The third kappa shape index (κ3) is 6.36. The van der Waals surface area contributed by atoms with Crippen molar-refractivity contribution in [3.63, 3.8) is 0 Å². The molecule has 0 saturated carbocycles. The van der Waals surface area contributed by atoms with Gasteiger partial charge in [-0.15, -0.1) is 0 Å². The molecule has 0 fully saturated rings. The van der Waals surface area contributed by atoms with Gasteiger partial charge in [0.25, 0.3) is 0 Å². The van der Waals surface area contributed by atoms with E-state index in [-0.39, 0.29) is 17.0 Å². The largest absolute Gasteiger partial charge is 0.507 e. The van der Waals surface area contributed by atoms with E-state index in [0.717, 1.165) is 18.2 Å². The Kier molecular flexibility index (Phi) is 10.8. The highest BCUT2D eigenvalue weighted by molar-refractivity contribution is 6.00. The van der Waals surface area contributed by atoms with E-state index in [9.17, 15) is 93.3 Å². The molecule has 2 N–H and O–H groups in total. The highest BCUT2D eigenvalue weighted by Crippen LogP contribution is 2.65. The Morgan fingerprint density at radius 3 is 1.50 bits per heavy atom. The molecule has 1 aromatic carbocycles. The molecule has 46 heavy (non-hydrogen) atoms. The second-order valence-corrected chi connectivity index (χ2v) is 8.85. The summed E-state index contributed by atoms with van der Waals surface area (Å²) in [5, 5.41) is 21.1. The molecule has 25 heteroatoms. The van der Waals surface area contributed by atoms with Crippen LogP contribution in [-0.4, -0.2) is 88.8 Å².